The van der Waals surface area contributed by atoms with Crippen molar-refractivity contribution >= 4 is 17.5 Å². The van der Waals surface area contributed by atoms with Crippen molar-refractivity contribution in [2.45, 2.75) is 39.5 Å². The molecule has 5 heteroatoms. The SMILES string of the molecule is CCc1nnc(C)cc1C(=O)NCC1CCCC1CCl. The summed E-state index contributed by atoms with van der Waals surface area (Å²) in [4.78, 5) is 12.3. The molecule has 1 aromatic heterocycles. The molecular formula is C15H22ClN3O. The molecule has 1 amide bonds. The van der Waals surface area contributed by atoms with E-state index in [1.54, 1.807) is 0 Å². The third kappa shape index (κ3) is 3.48. The number of hydrogen-bond donors (Lipinski definition) is 1. The lowest BCUT2D eigenvalue weighted by atomic mass is 9.98. The first-order valence-corrected chi connectivity index (χ1v) is 7.86. The molecule has 0 saturated heterocycles. The fourth-order valence-corrected chi connectivity index (χ4v) is 3.28. The Kier molecular flexibility index (Phi) is 5.35. The second kappa shape index (κ2) is 7.02. The van der Waals surface area contributed by atoms with E-state index in [9.17, 15) is 4.79 Å². The van der Waals surface area contributed by atoms with Crippen LogP contribution >= 0.6 is 11.6 Å². The minimum absolute atomic E-state index is 0.0416. The van der Waals surface area contributed by atoms with E-state index in [1.807, 2.05) is 19.9 Å². The second-order valence-corrected chi connectivity index (χ2v) is 5.82. The number of carbonyl (C=O) groups excluding carboxylic acids is 1. The van der Waals surface area contributed by atoms with Gasteiger partial charge in [0, 0.05) is 12.4 Å². The summed E-state index contributed by atoms with van der Waals surface area (Å²) in [6, 6.07) is 1.81. The van der Waals surface area contributed by atoms with Crippen LogP contribution in [0.25, 0.3) is 0 Å². The Morgan fingerprint density at radius 3 is 2.85 bits per heavy atom. The van der Waals surface area contributed by atoms with Crippen LogP contribution < -0.4 is 5.32 Å². The van der Waals surface area contributed by atoms with E-state index in [0.29, 0.717) is 36.2 Å². The predicted molar refractivity (Wildman–Crippen MR) is 80.0 cm³/mol. The monoisotopic (exact) mass is 295 g/mol. The lowest BCUT2D eigenvalue weighted by Crippen LogP contribution is -2.32. The molecule has 1 aliphatic carbocycles. The van der Waals surface area contributed by atoms with Gasteiger partial charge in [-0.2, -0.15) is 10.2 Å². The molecule has 1 saturated carbocycles. The number of alkyl halides is 1. The highest BCUT2D eigenvalue weighted by molar-refractivity contribution is 6.18. The molecule has 1 aliphatic rings. The fraction of sp³-hybridized carbons (Fsp3) is 0.667. The topological polar surface area (TPSA) is 54.9 Å². The van der Waals surface area contributed by atoms with Crippen molar-refractivity contribution in [2.75, 3.05) is 12.4 Å². The molecule has 0 aromatic carbocycles. The molecule has 2 unspecified atom stereocenters. The van der Waals surface area contributed by atoms with Crippen LogP contribution in [0.5, 0.6) is 0 Å². The smallest absolute Gasteiger partial charge is 0.253 e. The number of halogens is 1. The maximum Gasteiger partial charge on any atom is 0.253 e. The van der Waals surface area contributed by atoms with E-state index in [1.165, 1.54) is 12.8 Å². The molecule has 1 heterocycles. The van der Waals surface area contributed by atoms with Crippen LogP contribution in [0.2, 0.25) is 0 Å². The van der Waals surface area contributed by atoms with Gasteiger partial charge in [-0.05, 0) is 44.1 Å². The standard InChI is InChI=1S/C15H22ClN3O/c1-3-14-13(7-10(2)18-19-14)15(20)17-9-12-6-4-5-11(12)8-16/h7,11-12H,3-6,8-9H2,1-2H3,(H,17,20). The molecule has 0 aliphatic heterocycles. The average molecular weight is 296 g/mol. The van der Waals surface area contributed by atoms with Gasteiger partial charge in [0.1, 0.15) is 0 Å². The Morgan fingerprint density at radius 2 is 2.15 bits per heavy atom. The number of rotatable bonds is 5. The summed E-state index contributed by atoms with van der Waals surface area (Å²) in [6.45, 7) is 4.54. The molecule has 0 spiro atoms. The van der Waals surface area contributed by atoms with Crippen LogP contribution in [-0.4, -0.2) is 28.5 Å². The van der Waals surface area contributed by atoms with Crippen molar-refractivity contribution in [1.82, 2.24) is 15.5 Å². The highest BCUT2D eigenvalue weighted by atomic mass is 35.5. The summed E-state index contributed by atoms with van der Waals surface area (Å²) in [5, 5.41) is 11.1. The van der Waals surface area contributed by atoms with Gasteiger partial charge in [-0.3, -0.25) is 4.79 Å². The number of nitrogens with one attached hydrogen (secondary N) is 1. The van der Waals surface area contributed by atoms with Crippen molar-refractivity contribution in [3.63, 3.8) is 0 Å². The normalized spacial score (nSPS) is 21.9. The summed E-state index contributed by atoms with van der Waals surface area (Å²) >= 11 is 5.97. The van der Waals surface area contributed by atoms with Gasteiger partial charge < -0.3 is 5.32 Å². The van der Waals surface area contributed by atoms with Gasteiger partial charge in [-0.1, -0.05) is 13.3 Å². The number of amides is 1. The minimum atomic E-state index is -0.0416. The van der Waals surface area contributed by atoms with Gasteiger partial charge >= 0.3 is 0 Å². The Morgan fingerprint density at radius 1 is 1.40 bits per heavy atom. The summed E-state index contributed by atoms with van der Waals surface area (Å²) in [5.41, 5.74) is 2.18. The first-order valence-electron chi connectivity index (χ1n) is 7.33. The molecule has 2 rings (SSSR count). The van der Waals surface area contributed by atoms with Crippen LogP contribution in [0.3, 0.4) is 0 Å². The van der Waals surface area contributed by atoms with Crippen molar-refractivity contribution in [3.8, 4) is 0 Å². The van der Waals surface area contributed by atoms with E-state index in [2.05, 4.69) is 15.5 Å². The molecule has 1 aromatic rings. The molecule has 1 N–H and O–H groups in total. The number of carbonyl (C=O) groups is 1. The van der Waals surface area contributed by atoms with Crippen molar-refractivity contribution < 1.29 is 4.79 Å². The Balaban J connectivity index is 2.00. The van der Waals surface area contributed by atoms with Crippen LogP contribution in [0.15, 0.2) is 6.07 Å². The van der Waals surface area contributed by atoms with E-state index in [0.717, 1.165) is 17.8 Å². The molecule has 4 nitrogen and oxygen atoms in total. The van der Waals surface area contributed by atoms with E-state index < -0.39 is 0 Å². The zero-order valence-electron chi connectivity index (χ0n) is 12.2. The van der Waals surface area contributed by atoms with Crippen LogP contribution in [0, 0.1) is 18.8 Å². The first-order chi connectivity index (χ1) is 9.65. The molecule has 110 valence electrons. The average Bonchev–Trinajstić information content (AvgIpc) is 2.92. The molecule has 0 radical (unpaired) electrons. The van der Waals surface area contributed by atoms with Crippen molar-refractivity contribution in [2.24, 2.45) is 11.8 Å². The van der Waals surface area contributed by atoms with Gasteiger partial charge in [0.05, 0.1) is 17.0 Å². The van der Waals surface area contributed by atoms with Gasteiger partial charge in [0.25, 0.3) is 5.91 Å². The third-order valence-electron chi connectivity index (χ3n) is 4.11. The Hall–Kier alpha value is -1.16. The Bertz CT molecular complexity index is 478. The summed E-state index contributed by atoms with van der Waals surface area (Å²) in [7, 11) is 0. The number of nitrogens with zero attached hydrogens (tertiary/aromatic N) is 2. The maximum absolute atomic E-state index is 12.3. The second-order valence-electron chi connectivity index (χ2n) is 5.52. The minimum Gasteiger partial charge on any atom is -0.352 e. The van der Waals surface area contributed by atoms with Crippen molar-refractivity contribution in [3.05, 3.63) is 23.0 Å². The summed E-state index contributed by atoms with van der Waals surface area (Å²) in [6.07, 6.45) is 4.27. The predicted octanol–water partition coefficient (Wildman–Crippen LogP) is 2.73. The highest BCUT2D eigenvalue weighted by Gasteiger charge is 2.27. The molecular weight excluding hydrogens is 274 g/mol. The third-order valence-corrected chi connectivity index (χ3v) is 4.51. The zero-order chi connectivity index (χ0) is 14.5. The van der Waals surface area contributed by atoms with E-state index >= 15 is 0 Å². The number of hydrogen-bond acceptors (Lipinski definition) is 3. The van der Waals surface area contributed by atoms with Gasteiger partial charge in [0.15, 0.2) is 0 Å². The van der Waals surface area contributed by atoms with Gasteiger partial charge in [-0.25, -0.2) is 0 Å². The molecule has 2 atom stereocenters. The molecule has 0 bridgehead atoms. The maximum atomic E-state index is 12.3. The molecule has 20 heavy (non-hydrogen) atoms. The van der Waals surface area contributed by atoms with E-state index in [4.69, 9.17) is 11.6 Å². The van der Waals surface area contributed by atoms with E-state index in [-0.39, 0.29) is 5.91 Å². The summed E-state index contributed by atoms with van der Waals surface area (Å²) in [5.74, 6) is 1.70. The fourth-order valence-electron chi connectivity index (χ4n) is 2.88. The van der Waals surface area contributed by atoms with Crippen LogP contribution in [0.1, 0.15) is 47.9 Å². The van der Waals surface area contributed by atoms with Crippen LogP contribution in [0.4, 0.5) is 0 Å². The zero-order valence-corrected chi connectivity index (χ0v) is 12.9. The highest BCUT2D eigenvalue weighted by Crippen LogP contribution is 2.32. The molecule has 1 fully saturated rings. The first kappa shape index (κ1) is 15.2. The van der Waals surface area contributed by atoms with Crippen molar-refractivity contribution in [1.29, 1.82) is 0 Å². The van der Waals surface area contributed by atoms with Crippen LogP contribution in [-0.2, 0) is 6.42 Å². The quantitative estimate of drug-likeness (QED) is 0.850. The largest absolute Gasteiger partial charge is 0.352 e. The lowest BCUT2D eigenvalue weighted by molar-refractivity contribution is 0.0943. The summed E-state index contributed by atoms with van der Waals surface area (Å²) < 4.78 is 0. The Labute approximate surface area is 125 Å². The number of aryl methyl sites for hydroxylation is 2. The van der Waals surface area contributed by atoms with Gasteiger partial charge in [-0.15, -0.1) is 11.6 Å². The number of aromatic nitrogens is 2. The van der Waals surface area contributed by atoms with Gasteiger partial charge in [0.2, 0.25) is 0 Å². The lowest BCUT2D eigenvalue weighted by Gasteiger charge is -2.18.